The molecule has 6 heteroatoms. The first kappa shape index (κ1) is 13.8. The van der Waals surface area contributed by atoms with Gasteiger partial charge in [-0.15, -0.1) is 0 Å². The van der Waals surface area contributed by atoms with E-state index in [1.54, 1.807) is 18.2 Å². The monoisotopic (exact) mass is 288 g/mol. The molecule has 2 aromatic carbocycles. The molecule has 0 spiro atoms. The second-order valence-electron chi connectivity index (χ2n) is 4.09. The maximum atomic E-state index is 10.7. The molecular weight excluding hydrogens is 280 g/mol. The van der Waals surface area contributed by atoms with Gasteiger partial charge in [-0.3, -0.25) is 10.1 Å². The molecule has 0 N–H and O–H groups in total. The third-order valence-electron chi connectivity index (χ3n) is 2.60. The third kappa shape index (κ3) is 2.87. The number of nitro benzene ring substituents is 1. The molecule has 0 amide bonds. The fourth-order valence-corrected chi connectivity index (χ4v) is 1.76. The van der Waals surface area contributed by atoms with Gasteiger partial charge in [-0.25, -0.2) is 0 Å². The molecule has 0 atom stereocenters. The van der Waals surface area contributed by atoms with Crippen LogP contribution in [-0.4, -0.2) is 4.92 Å². The number of hydrogen-bond donors (Lipinski definition) is 0. The van der Waals surface area contributed by atoms with E-state index in [0.717, 1.165) is 5.56 Å². The fraction of sp³-hybridized carbons (Fsp3) is 0.0714. The molecule has 100 valence electrons. The van der Waals surface area contributed by atoms with Gasteiger partial charge in [-0.2, -0.15) is 5.26 Å². The molecule has 5 nitrogen and oxygen atoms in total. The summed E-state index contributed by atoms with van der Waals surface area (Å²) in [6.07, 6.45) is 0. The molecule has 0 aliphatic rings. The summed E-state index contributed by atoms with van der Waals surface area (Å²) in [5.74, 6) is 0.456. The van der Waals surface area contributed by atoms with Gasteiger partial charge in [0.2, 0.25) is 0 Å². The molecule has 20 heavy (non-hydrogen) atoms. The Morgan fingerprint density at radius 2 is 2.00 bits per heavy atom. The number of non-ortho nitro benzene ring substituents is 1. The van der Waals surface area contributed by atoms with Gasteiger partial charge in [0.25, 0.3) is 5.69 Å². The van der Waals surface area contributed by atoms with Crippen molar-refractivity contribution in [2.24, 2.45) is 0 Å². The minimum absolute atomic E-state index is 0.129. The van der Waals surface area contributed by atoms with Crippen LogP contribution in [0.2, 0.25) is 5.02 Å². The minimum Gasteiger partial charge on any atom is -0.454 e. The van der Waals surface area contributed by atoms with E-state index in [1.165, 1.54) is 18.2 Å². The number of aryl methyl sites for hydroxylation is 1. The molecule has 0 fully saturated rings. The van der Waals surface area contributed by atoms with Crippen LogP contribution in [0.1, 0.15) is 11.1 Å². The number of nitrogens with zero attached hydrogens (tertiary/aromatic N) is 2. The normalized spacial score (nSPS) is 9.85. The Morgan fingerprint density at radius 1 is 1.25 bits per heavy atom. The van der Waals surface area contributed by atoms with Crippen molar-refractivity contribution in [3.8, 4) is 17.6 Å². The minimum atomic E-state index is -0.537. The van der Waals surface area contributed by atoms with Gasteiger partial charge in [-0.05, 0) is 30.7 Å². The van der Waals surface area contributed by atoms with Crippen LogP contribution in [0.25, 0.3) is 0 Å². The van der Waals surface area contributed by atoms with E-state index < -0.39 is 4.92 Å². The molecular formula is C14H9ClN2O3. The number of ether oxygens (including phenoxy) is 1. The quantitative estimate of drug-likeness (QED) is 0.626. The van der Waals surface area contributed by atoms with Crippen molar-refractivity contribution in [2.75, 3.05) is 0 Å². The maximum Gasteiger partial charge on any atom is 0.273 e. The molecule has 0 heterocycles. The number of halogens is 1. The number of nitriles is 1. The molecule has 2 rings (SSSR count). The first-order valence-electron chi connectivity index (χ1n) is 5.64. The summed E-state index contributed by atoms with van der Waals surface area (Å²) in [6.45, 7) is 1.85. The van der Waals surface area contributed by atoms with Crippen molar-refractivity contribution in [1.29, 1.82) is 5.26 Å². The number of benzene rings is 2. The van der Waals surface area contributed by atoms with Gasteiger partial charge in [0, 0.05) is 6.07 Å². The Hall–Kier alpha value is -2.58. The summed E-state index contributed by atoms with van der Waals surface area (Å²) in [5, 5.41) is 20.0. The Bertz CT molecular complexity index is 723. The lowest BCUT2D eigenvalue weighted by Crippen LogP contribution is -1.93. The summed E-state index contributed by atoms with van der Waals surface area (Å²) < 4.78 is 5.54. The van der Waals surface area contributed by atoms with Crippen LogP contribution < -0.4 is 4.74 Å². The summed E-state index contributed by atoms with van der Waals surface area (Å²) in [6, 6.07) is 11.0. The van der Waals surface area contributed by atoms with Gasteiger partial charge in [0.15, 0.2) is 5.75 Å². The fourth-order valence-electron chi connectivity index (χ4n) is 1.61. The van der Waals surface area contributed by atoms with Crippen LogP contribution in [0.3, 0.4) is 0 Å². The second-order valence-corrected chi connectivity index (χ2v) is 4.49. The molecule has 0 bridgehead atoms. The van der Waals surface area contributed by atoms with Crippen molar-refractivity contribution < 1.29 is 9.66 Å². The molecule has 0 aliphatic carbocycles. The SMILES string of the molecule is Cc1ccc(C#N)c(Oc2cc([N+](=O)[O-])ccc2Cl)c1. The average Bonchev–Trinajstić information content (AvgIpc) is 2.41. The van der Waals surface area contributed by atoms with Crippen LogP contribution in [0, 0.1) is 28.4 Å². The van der Waals surface area contributed by atoms with E-state index in [0.29, 0.717) is 11.3 Å². The van der Waals surface area contributed by atoms with Crippen LogP contribution in [-0.2, 0) is 0 Å². The molecule has 0 saturated heterocycles. The van der Waals surface area contributed by atoms with Crippen molar-refractivity contribution in [3.63, 3.8) is 0 Å². The summed E-state index contributed by atoms with van der Waals surface area (Å²) >= 11 is 5.96. The van der Waals surface area contributed by atoms with Crippen molar-refractivity contribution in [2.45, 2.75) is 6.92 Å². The van der Waals surface area contributed by atoms with Gasteiger partial charge in [0.1, 0.15) is 11.8 Å². The Balaban J connectivity index is 2.44. The van der Waals surface area contributed by atoms with Crippen molar-refractivity contribution in [1.82, 2.24) is 0 Å². The summed E-state index contributed by atoms with van der Waals surface area (Å²) in [5.41, 5.74) is 1.11. The molecule has 0 radical (unpaired) electrons. The third-order valence-corrected chi connectivity index (χ3v) is 2.92. The van der Waals surface area contributed by atoms with Crippen LogP contribution in [0.4, 0.5) is 5.69 Å². The molecule has 0 aromatic heterocycles. The van der Waals surface area contributed by atoms with Crippen molar-refractivity contribution >= 4 is 17.3 Å². The summed E-state index contributed by atoms with van der Waals surface area (Å²) in [7, 11) is 0. The second kappa shape index (κ2) is 5.59. The van der Waals surface area contributed by atoms with Gasteiger partial charge >= 0.3 is 0 Å². The zero-order valence-electron chi connectivity index (χ0n) is 10.5. The lowest BCUT2D eigenvalue weighted by molar-refractivity contribution is -0.384. The first-order chi connectivity index (χ1) is 9.51. The van der Waals surface area contributed by atoms with E-state index in [-0.39, 0.29) is 16.5 Å². The molecule has 0 aliphatic heterocycles. The lowest BCUT2D eigenvalue weighted by atomic mass is 10.1. The van der Waals surface area contributed by atoms with E-state index >= 15 is 0 Å². The summed E-state index contributed by atoms with van der Waals surface area (Å²) in [4.78, 5) is 10.2. The maximum absolute atomic E-state index is 10.7. The number of nitro groups is 1. The zero-order chi connectivity index (χ0) is 14.7. The van der Waals surface area contributed by atoms with Gasteiger partial charge in [0.05, 0.1) is 21.6 Å². The highest BCUT2D eigenvalue weighted by molar-refractivity contribution is 6.32. The highest BCUT2D eigenvalue weighted by Crippen LogP contribution is 2.34. The molecule has 2 aromatic rings. The van der Waals surface area contributed by atoms with Gasteiger partial charge < -0.3 is 4.74 Å². The Labute approximate surface area is 120 Å². The van der Waals surface area contributed by atoms with E-state index in [4.69, 9.17) is 21.6 Å². The lowest BCUT2D eigenvalue weighted by Gasteiger charge is -2.09. The number of hydrogen-bond acceptors (Lipinski definition) is 4. The first-order valence-corrected chi connectivity index (χ1v) is 6.01. The number of rotatable bonds is 3. The zero-order valence-corrected chi connectivity index (χ0v) is 11.2. The largest absolute Gasteiger partial charge is 0.454 e. The van der Waals surface area contributed by atoms with Crippen LogP contribution >= 0.6 is 11.6 Å². The van der Waals surface area contributed by atoms with E-state index in [1.807, 2.05) is 13.0 Å². The van der Waals surface area contributed by atoms with E-state index in [9.17, 15) is 10.1 Å². The molecule has 0 saturated carbocycles. The van der Waals surface area contributed by atoms with Crippen LogP contribution in [0.5, 0.6) is 11.5 Å². The predicted octanol–water partition coefficient (Wildman–Crippen LogP) is 4.22. The highest BCUT2D eigenvalue weighted by Gasteiger charge is 2.13. The topological polar surface area (TPSA) is 76.2 Å². The Morgan fingerprint density at radius 3 is 2.65 bits per heavy atom. The average molecular weight is 289 g/mol. The molecule has 0 unspecified atom stereocenters. The Kier molecular flexibility index (Phi) is 3.87. The van der Waals surface area contributed by atoms with Crippen molar-refractivity contribution in [3.05, 3.63) is 62.7 Å². The van der Waals surface area contributed by atoms with Gasteiger partial charge in [-0.1, -0.05) is 17.7 Å². The predicted molar refractivity (Wildman–Crippen MR) is 74.1 cm³/mol. The smallest absolute Gasteiger partial charge is 0.273 e. The highest BCUT2D eigenvalue weighted by atomic mass is 35.5. The standard InChI is InChI=1S/C14H9ClN2O3/c1-9-2-3-10(8-16)13(6-9)20-14-7-11(17(18)19)4-5-12(14)15/h2-7H,1H3. The van der Waals surface area contributed by atoms with E-state index in [2.05, 4.69) is 0 Å². The van der Waals surface area contributed by atoms with Crippen LogP contribution in [0.15, 0.2) is 36.4 Å².